The number of aliphatic carboxylic acids is 1. The van der Waals surface area contributed by atoms with Gasteiger partial charge in [-0.2, -0.15) is 21.1 Å². The summed E-state index contributed by atoms with van der Waals surface area (Å²) in [5.41, 5.74) is 3.34. The third-order valence-corrected chi connectivity index (χ3v) is 8.89. The fourth-order valence-electron chi connectivity index (χ4n) is 3.61. The average Bonchev–Trinajstić information content (AvgIpc) is 3.45. The van der Waals surface area contributed by atoms with Crippen molar-refractivity contribution in [1.29, 1.82) is 0 Å². The number of nitrogens with zero attached hydrogens (tertiary/aromatic N) is 4. The van der Waals surface area contributed by atoms with Crippen LogP contribution in [0.4, 0.5) is 5.13 Å². The number of anilines is 1. The monoisotopic (exact) mass is 567 g/mol. The second-order valence-corrected chi connectivity index (χ2v) is 12.1. The van der Waals surface area contributed by atoms with Crippen molar-refractivity contribution >= 4 is 60.5 Å². The highest BCUT2D eigenvalue weighted by Gasteiger charge is 2.56. The van der Waals surface area contributed by atoms with E-state index in [1.54, 1.807) is 0 Å². The lowest BCUT2D eigenvalue weighted by Gasteiger charge is -2.46. The molecule has 17 nitrogen and oxygen atoms in total. The van der Waals surface area contributed by atoms with E-state index in [9.17, 15) is 40.9 Å². The van der Waals surface area contributed by atoms with Gasteiger partial charge in [0.25, 0.3) is 22.0 Å². The second kappa shape index (κ2) is 9.19. The van der Waals surface area contributed by atoms with Gasteiger partial charge in [-0.25, -0.2) is 18.8 Å². The summed E-state index contributed by atoms with van der Waals surface area (Å²) in [6, 6.07) is -3.06. The van der Waals surface area contributed by atoms with Gasteiger partial charge in [0.15, 0.2) is 10.8 Å². The van der Waals surface area contributed by atoms with Gasteiger partial charge in [-0.3, -0.25) is 14.1 Å². The number of carboxylic acids is 1. The molecular formula is C16H21N7O10S3. The molecule has 1 saturated carbocycles. The molecule has 0 spiro atoms. The number of nitrogens with two attached hydrogens (primary N) is 1. The van der Waals surface area contributed by atoms with E-state index >= 15 is 0 Å². The molecule has 20 heteroatoms. The Bertz CT molecular complexity index is 1340. The van der Waals surface area contributed by atoms with Gasteiger partial charge in [-0.15, -0.1) is 11.3 Å². The maximum Gasteiger partial charge on any atom is 0.362 e. The third kappa shape index (κ3) is 4.99. The van der Waals surface area contributed by atoms with Crippen LogP contribution in [0.3, 0.4) is 0 Å². The minimum Gasteiger partial charge on any atom is -0.478 e. The molecule has 3 fully saturated rings. The van der Waals surface area contributed by atoms with Crippen LogP contribution in [0, 0.1) is 0 Å². The Hall–Kier alpha value is -2.91. The van der Waals surface area contributed by atoms with Crippen LogP contribution in [0.1, 0.15) is 25.0 Å². The van der Waals surface area contributed by atoms with Gasteiger partial charge in [0.2, 0.25) is 5.60 Å². The summed E-state index contributed by atoms with van der Waals surface area (Å²) >= 11 is 0.938. The van der Waals surface area contributed by atoms with E-state index < -0.39 is 68.2 Å². The number of nitrogen functional groups attached to an aromatic ring is 1. The molecule has 6 N–H and O–H groups in total. The van der Waals surface area contributed by atoms with Gasteiger partial charge in [0.1, 0.15) is 11.7 Å². The highest BCUT2D eigenvalue weighted by atomic mass is 32.2. The molecule has 2 atom stereocenters. The average molecular weight is 568 g/mol. The zero-order valence-electron chi connectivity index (χ0n) is 18.2. The molecule has 2 aliphatic heterocycles. The first-order valence-electron chi connectivity index (χ1n) is 10.3. The number of rotatable bonds is 9. The molecule has 3 heterocycles. The number of thiazole rings is 1. The molecule has 2 saturated heterocycles. The normalized spacial score (nSPS) is 25.6. The number of aromatic nitrogens is 1. The van der Waals surface area contributed by atoms with Gasteiger partial charge >= 0.3 is 16.3 Å². The number of carbonyl (C=O) groups excluding carboxylic acids is 2. The summed E-state index contributed by atoms with van der Waals surface area (Å²) in [5, 5.41) is 16.5. The molecule has 1 aliphatic carbocycles. The van der Waals surface area contributed by atoms with E-state index in [0.717, 1.165) is 15.6 Å². The molecule has 36 heavy (non-hydrogen) atoms. The Labute approximate surface area is 208 Å². The predicted octanol–water partition coefficient (Wildman–Crippen LogP) is -2.90. The molecular weight excluding hydrogens is 546 g/mol. The second-order valence-electron chi connectivity index (χ2n) is 8.14. The third-order valence-electron chi connectivity index (χ3n) is 5.69. The number of carbonyl (C=O) groups is 3. The van der Waals surface area contributed by atoms with Crippen LogP contribution in [0.25, 0.3) is 0 Å². The van der Waals surface area contributed by atoms with E-state index in [2.05, 4.69) is 20.2 Å². The maximum atomic E-state index is 13.1. The highest BCUT2D eigenvalue weighted by Crippen LogP contribution is 2.40. The van der Waals surface area contributed by atoms with Gasteiger partial charge in [0.05, 0.1) is 6.04 Å². The number of carboxylic acid groups (broad SMARTS) is 1. The Kier molecular flexibility index (Phi) is 6.68. The van der Waals surface area contributed by atoms with Crippen LogP contribution >= 0.6 is 11.3 Å². The van der Waals surface area contributed by atoms with Crippen molar-refractivity contribution in [2.75, 3.05) is 25.4 Å². The minimum absolute atomic E-state index is 0.00985. The van der Waals surface area contributed by atoms with E-state index in [0.29, 0.717) is 6.42 Å². The Balaban J connectivity index is 1.59. The number of hydrogen-bond acceptors (Lipinski definition) is 12. The summed E-state index contributed by atoms with van der Waals surface area (Å²) in [6.07, 6.45) is 0.684. The lowest BCUT2D eigenvalue weighted by atomic mass is 9.98. The molecule has 0 radical (unpaired) electrons. The topological polar surface area (TPSA) is 251 Å². The number of nitrogens with one attached hydrogen (secondary N) is 2. The largest absolute Gasteiger partial charge is 0.478 e. The van der Waals surface area contributed by atoms with Gasteiger partial charge in [-0.1, -0.05) is 5.16 Å². The lowest BCUT2D eigenvalue weighted by Crippen LogP contribution is -2.75. The molecule has 3 aliphatic rings. The first-order valence-corrected chi connectivity index (χ1v) is 14.0. The summed E-state index contributed by atoms with van der Waals surface area (Å²) in [7, 11) is -9.06. The summed E-state index contributed by atoms with van der Waals surface area (Å²) in [5.74, 6) is -3.61. The molecule has 0 aromatic carbocycles. The Morgan fingerprint density at radius 3 is 2.64 bits per heavy atom. The number of hydrogen-bond donors (Lipinski definition) is 5. The van der Waals surface area contributed by atoms with Crippen molar-refractivity contribution in [2.24, 2.45) is 5.16 Å². The zero-order chi connectivity index (χ0) is 26.5. The quantitative estimate of drug-likeness (QED) is 0.0872. The summed E-state index contributed by atoms with van der Waals surface area (Å²) in [4.78, 5) is 46.0. The van der Waals surface area contributed by atoms with E-state index in [1.807, 2.05) is 0 Å². The fraction of sp³-hybridized carbons (Fsp3) is 0.562. The van der Waals surface area contributed by atoms with Crippen molar-refractivity contribution < 1.29 is 45.7 Å². The first-order chi connectivity index (χ1) is 16.7. The van der Waals surface area contributed by atoms with Crippen LogP contribution in [-0.2, 0) is 39.7 Å². The predicted molar refractivity (Wildman–Crippen MR) is 121 cm³/mol. The van der Waals surface area contributed by atoms with E-state index in [-0.39, 0.29) is 41.1 Å². The standard InChI is InChI=1S/C16H21N7O10S3/c17-15-19-8(7-34-15)10(21-33-16(2-3-16)14(26)27)12(24)20-11-9(23(13(11)25)36(30,31)32)6-22-5-1-4-18-35(22,28)29/h7,9,11,18H,1-6H2,(H2,17,19)(H,20,24)(H,26,27)(H,30,31,32)/b21-10-. The smallest absolute Gasteiger partial charge is 0.362 e. The van der Waals surface area contributed by atoms with Crippen LogP contribution in [0.2, 0.25) is 0 Å². The van der Waals surface area contributed by atoms with Crippen molar-refractivity contribution in [3.05, 3.63) is 11.1 Å². The number of oxime groups is 1. The Morgan fingerprint density at radius 1 is 1.42 bits per heavy atom. The molecule has 0 bridgehead atoms. The van der Waals surface area contributed by atoms with Gasteiger partial charge < -0.3 is 21.0 Å². The van der Waals surface area contributed by atoms with Crippen molar-refractivity contribution in [3.63, 3.8) is 0 Å². The molecule has 2 amide bonds. The first kappa shape index (κ1) is 26.2. The highest BCUT2D eigenvalue weighted by molar-refractivity contribution is 7.87. The Morgan fingerprint density at radius 2 is 2.11 bits per heavy atom. The van der Waals surface area contributed by atoms with Crippen molar-refractivity contribution in [1.82, 2.24) is 23.6 Å². The van der Waals surface area contributed by atoms with Crippen molar-refractivity contribution in [3.8, 4) is 0 Å². The zero-order valence-corrected chi connectivity index (χ0v) is 20.7. The minimum atomic E-state index is -5.08. The van der Waals surface area contributed by atoms with E-state index in [4.69, 9.17) is 10.6 Å². The molecule has 1 aromatic heterocycles. The molecule has 1 aromatic rings. The fourth-order valence-corrected chi connectivity index (χ4v) is 6.33. The molecule has 4 rings (SSSR count). The summed E-state index contributed by atoms with van der Waals surface area (Å²) in [6.45, 7) is -0.379. The number of amides is 2. The van der Waals surface area contributed by atoms with Gasteiger partial charge in [0, 0.05) is 37.9 Å². The van der Waals surface area contributed by atoms with Crippen LogP contribution < -0.4 is 15.8 Å². The van der Waals surface area contributed by atoms with Crippen LogP contribution in [0.15, 0.2) is 10.5 Å². The van der Waals surface area contributed by atoms with Gasteiger partial charge in [-0.05, 0) is 6.42 Å². The summed E-state index contributed by atoms with van der Waals surface area (Å²) < 4.78 is 60.7. The van der Waals surface area contributed by atoms with Crippen LogP contribution in [0.5, 0.6) is 0 Å². The lowest BCUT2D eigenvalue weighted by molar-refractivity contribution is -0.153. The SMILES string of the molecule is Nc1nc(/C(=N/OC2(C(=O)O)CC2)C(=O)NC2C(=O)N(S(=O)(=O)O)C2CN2CCCNS2(=O)=O)cs1. The molecule has 198 valence electrons. The van der Waals surface area contributed by atoms with Crippen molar-refractivity contribution in [2.45, 2.75) is 36.9 Å². The number of β-lactam (4-membered cyclic amide) rings is 1. The maximum absolute atomic E-state index is 13.1. The van der Waals surface area contributed by atoms with E-state index in [1.165, 1.54) is 5.38 Å². The molecule has 2 unspecified atom stereocenters. The van der Waals surface area contributed by atoms with Crippen LogP contribution in [-0.4, -0.2) is 101 Å².